The summed E-state index contributed by atoms with van der Waals surface area (Å²) in [6, 6.07) is 17.8. The van der Waals surface area contributed by atoms with Crippen molar-refractivity contribution in [2.75, 3.05) is 5.32 Å². The van der Waals surface area contributed by atoms with Gasteiger partial charge in [0.15, 0.2) is 0 Å². The monoisotopic (exact) mass is 515 g/mol. The van der Waals surface area contributed by atoms with Gasteiger partial charge in [0.1, 0.15) is 17.3 Å². The first kappa shape index (κ1) is 24.5. The van der Waals surface area contributed by atoms with Gasteiger partial charge in [-0.15, -0.1) is 10.2 Å². The van der Waals surface area contributed by atoms with Crippen LogP contribution in [-0.4, -0.2) is 39.7 Å². The molecule has 38 heavy (non-hydrogen) atoms. The lowest BCUT2D eigenvalue weighted by atomic mass is 10.2. The number of tetrazole rings is 1. The minimum absolute atomic E-state index is 0.0693. The summed E-state index contributed by atoms with van der Waals surface area (Å²) in [4.78, 5) is 34.2. The highest BCUT2D eigenvalue weighted by atomic mass is 19.1. The zero-order chi connectivity index (χ0) is 26.5. The van der Waals surface area contributed by atoms with Crippen LogP contribution >= 0.6 is 0 Å². The molecule has 0 radical (unpaired) electrons. The van der Waals surface area contributed by atoms with Gasteiger partial charge < -0.3 is 10.1 Å². The first-order valence-corrected chi connectivity index (χ1v) is 11.7. The van der Waals surface area contributed by atoms with Crippen LogP contribution in [0.2, 0.25) is 0 Å². The summed E-state index contributed by atoms with van der Waals surface area (Å²) in [5.74, 6) is 0.869. The summed E-state index contributed by atoms with van der Waals surface area (Å²) in [6.07, 6.45) is 0.592. The van der Waals surface area contributed by atoms with Crippen LogP contribution in [0.5, 0.6) is 11.6 Å². The molecule has 0 bridgehead atoms. The fraction of sp³-hybridized carbons (Fsp3) is 0.160. The Hall–Kier alpha value is -5.20. The molecule has 12 nitrogen and oxygen atoms in total. The predicted octanol–water partition coefficient (Wildman–Crippen LogP) is 3.11. The van der Waals surface area contributed by atoms with E-state index >= 15 is 0 Å². The van der Waals surface area contributed by atoms with E-state index in [2.05, 4.69) is 35.9 Å². The summed E-state index contributed by atoms with van der Waals surface area (Å²) in [5, 5.41) is 16.8. The maximum absolute atomic E-state index is 13.4. The van der Waals surface area contributed by atoms with Gasteiger partial charge in [-0.05, 0) is 59.7 Å². The number of halogens is 1. The van der Waals surface area contributed by atoms with Crippen molar-refractivity contribution in [2.45, 2.75) is 26.4 Å². The van der Waals surface area contributed by atoms with Crippen molar-refractivity contribution in [3.8, 4) is 23.1 Å². The molecule has 0 fully saturated rings. The van der Waals surface area contributed by atoms with E-state index in [1.165, 1.54) is 16.7 Å². The minimum atomic E-state index is -0.651. The molecule has 0 saturated carbocycles. The van der Waals surface area contributed by atoms with Gasteiger partial charge in [-0.2, -0.15) is 10.2 Å². The van der Waals surface area contributed by atoms with E-state index in [0.717, 1.165) is 4.57 Å². The molecular formula is C25H22FN9O3. The molecule has 5 aromatic rings. The highest BCUT2D eigenvalue weighted by Crippen LogP contribution is 2.24. The number of aromatic amines is 1. The van der Waals surface area contributed by atoms with Crippen molar-refractivity contribution in [3.05, 3.63) is 99.1 Å². The second kappa shape index (κ2) is 10.8. The van der Waals surface area contributed by atoms with E-state index in [4.69, 9.17) is 4.74 Å². The lowest BCUT2D eigenvalue weighted by Crippen LogP contribution is -2.42. The highest BCUT2D eigenvalue weighted by Gasteiger charge is 2.14. The topological polar surface area (TPSA) is 146 Å². The molecule has 3 heterocycles. The molecule has 0 atom stereocenters. The molecule has 192 valence electrons. The Bertz CT molecular complexity index is 1650. The van der Waals surface area contributed by atoms with E-state index in [0.29, 0.717) is 40.8 Å². The molecule has 2 N–H and O–H groups in total. The first-order valence-electron chi connectivity index (χ1n) is 11.7. The SMILES string of the molecule is CCCn1c(=O)nc(Nc2ccc(Oc3cccc(-c4nn[nH]n4)n3)cc2)n(Cc2ccc(F)cc2)c1=O. The van der Waals surface area contributed by atoms with Gasteiger partial charge >= 0.3 is 11.4 Å². The van der Waals surface area contributed by atoms with Gasteiger partial charge in [-0.25, -0.2) is 23.5 Å². The van der Waals surface area contributed by atoms with Gasteiger partial charge in [0.2, 0.25) is 17.7 Å². The van der Waals surface area contributed by atoms with Gasteiger partial charge in [0, 0.05) is 18.3 Å². The van der Waals surface area contributed by atoms with E-state index in [9.17, 15) is 14.0 Å². The van der Waals surface area contributed by atoms with E-state index in [-0.39, 0.29) is 24.9 Å². The molecule has 13 heteroatoms. The number of hydrogen-bond acceptors (Lipinski definition) is 9. The molecule has 5 rings (SSSR count). The number of benzene rings is 2. The van der Waals surface area contributed by atoms with Crippen LogP contribution in [-0.2, 0) is 13.1 Å². The fourth-order valence-corrected chi connectivity index (χ4v) is 3.68. The number of pyridine rings is 1. The molecule has 0 aliphatic carbocycles. The Morgan fingerprint density at radius 2 is 1.76 bits per heavy atom. The van der Waals surface area contributed by atoms with Crippen molar-refractivity contribution in [1.29, 1.82) is 0 Å². The Kier molecular flexibility index (Phi) is 6.97. The van der Waals surface area contributed by atoms with Gasteiger partial charge in [-0.1, -0.05) is 25.1 Å². The molecule has 0 unspecified atom stereocenters. The molecule has 3 aromatic heterocycles. The summed E-state index contributed by atoms with van der Waals surface area (Å²) >= 11 is 0. The van der Waals surface area contributed by atoms with Crippen LogP contribution in [0, 0.1) is 5.82 Å². The molecule has 0 aliphatic heterocycles. The maximum atomic E-state index is 13.4. The molecular weight excluding hydrogens is 493 g/mol. The fourth-order valence-electron chi connectivity index (χ4n) is 3.68. The van der Waals surface area contributed by atoms with Crippen LogP contribution in [0.1, 0.15) is 18.9 Å². The van der Waals surface area contributed by atoms with Crippen LogP contribution in [0.15, 0.2) is 76.3 Å². The quantitative estimate of drug-likeness (QED) is 0.302. The maximum Gasteiger partial charge on any atom is 0.354 e. The van der Waals surface area contributed by atoms with Gasteiger partial charge in [0.05, 0.1) is 6.54 Å². The average molecular weight is 516 g/mol. The number of nitrogens with zero attached hydrogens (tertiary/aromatic N) is 7. The zero-order valence-electron chi connectivity index (χ0n) is 20.2. The van der Waals surface area contributed by atoms with E-state index < -0.39 is 11.4 Å². The van der Waals surface area contributed by atoms with Gasteiger partial charge in [0.25, 0.3) is 0 Å². The number of anilines is 2. The summed E-state index contributed by atoms with van der Waals surface area (Å²) in [5.41, 5.74) is 0.587. The van der Waals surface area contributed by atoms with Crippen molar-refractivity contribution in [3.63, 3.8) is 0 Å². The summed E-state index contributed by atoms with van der Waals surface area (Å²) in [6.45, 7) is 2.20. The predicted molar refractivity (Wildman–Crippen MR) is 136 cm³/mol. The lowest BCUT2D eigenvalue weighted by molar-refractivity contribution is 0.463. The Morgan fingerprint density at radius 1 is 0.974 bits per heavy atom. The van der Waals surface area contributed by atoms with E-state index in [1.807, 2.05) is 6.92 Å². The zero-order valence-corrected chi connectivity index (χ0v) is 20.2. The third kappa shape index (κ3) is 5.46. The smallest absolute Gasteiger partial charge is 0.354 e. The number of H-pyrrole nitrogens is 1. The third-order valence-corrected chi connectivity index (χ3v) is 5.48. The number of aromatic nitrogens is 8. The Labute approximate surface area is 214 Å². The van der Waals surface area contributed by atoms with Crippen molar-refractivity contribution in [2.24, 2.45) is 0 Å². The second-order valence-corrected chi connectivity index (χ2v) is 8.21. The first-order chi connectivity index (χ1) is 18.5. The highest BCUT2D eigenvalue weighted by molar-refractivity contribution is 5.55. The third-order valence-electron chi connectivity index (χ3n) is 5.48. The second-order valence-electron chi connectivity index (χ2n) is 8.21. The number of nitrogens with one attached hydrogen (secondary N) is 2. The van der Waals surface area contributed by atoms with E-state index in [1.54, 1.807) is 54.6 Å². The summed E-state index contributed by atoms with van der Waals surface area (Å²) < 4.78 is 21.7. The van der Waals surface area contributed by atoms with Crippen LogP contribution < -0.4 is 21.4 Å². The average Bonchev–Trinajstić information content (AvgIpc) is 3.47. The Balaban J connectivity index is 1.39. The number of ether oxygens (including phenoxy) is 1. The molecule has 0 saturated heterocycles. The van der Waals surface area contributed by atoms with Gasteiger partial charge in [-0.3, -0.25) is 4.57 Å². The number of rotatable bonds is 9. The molecule has 0 aliphatic rings. The summed E-state index contributed by atoms with van der Waals surface area (Å²) in [7, 11) is 0. The van der Waals surface area contributed by atoms with Crippen molar-refractivity contribution >= 4 is 11.6 Å². The van der Waals surface area contributed by atoms with Crippen molar-refractivity contribution < 1.29 is 9.13 Å². The van der Waals surface area contributed by atoms with Crippen LogP contribution in [0.25, 0.3) is 11.5 Å². The van der Waals surface area contributed by atoms with Crippen molar-refractivity contribution in [1.82, 2.24) is 39.7 Å². The lowest BCUT2D eigenvalue weighted by Gasteiger charge is -2.15. The standard InChI is InChI=1S/C25H22FN9O3/c1-2-14-34-24(36)29-23(35(25(34)37)15-16-6-8-17(26)9-7-16)27-18-10-12-19(13-11-18)38-21-5-3-4-20(28-21)22-30-32-33-31-22/h3-13H,2,14-15H2,1H3,(H,27,29,36)(H,30,31,32,33). The minimum Gasteiger partial charge on any atom is -0.439 e. The molecule has 0 amide bonds. The van der Waals surface area contributed by atoms with Crippen LogP contribution in [0.3, 0.4) is 0 Å². The number of hydrogen-bond donors (Lipinski definition) is 2. The largest absolute Gasteiger partial charge is 0.439 e. The normalized spacial score (nSPS) is 10.9. The molecule has 0 spiro atoms. The molecule has 2 aromatic carbocycles. The Morgan fingerprint density at radius 3 is 2.47 bits per heavy atom. The van der Waals surface area contributed by atoms with Crippen LogP contribution in [0.4, 0.5) is 16.0 Å².